The van der Waals surface area contributed by atoms with Crippen LogP contribution in [0.5, 0.6) is 0 Å². The second-order valence-corrected chi connectivity index (χ2v) is 8.61. The van der Waals surface area contributed by atoms with Gasteiger partial charge in [0, 0.05) is 10.8 Å². The van der Waals surface area contributed by atoms with Gasteiger partial charge in [-0.25, -0.2) is 0 Å². The first-order chi connectivity index (χ1) is 10.2. The molecule has 3 nitrogen and oxygen atoms in total. The molecule has 1 N–H and O–H groups in total. The fraction of sp³-hybridized carbons (Fsp3) is 0.789. The molecule has 0 saturated heterocycles. The van der Waals surface area contributed by atoms with Crippen LogP contribution in [0.4, 0.5) is 0 Å². The Bertz CT molecular complexity index is 585. The Labute approximate surface area is 133 Å². The largest absolute Gasteiger partial charge is 0.392 e. The number of Topliss-reactive ketones (excluding diaryl/α,β-unsaturated/α-hetero) is 1. The van der Waals surface area contributed by atoms with Gasteiger partial charge in [0.2, 0.25) is 0 Å². The zero-order valence-electron chi connectivity index (χ0n) is 14.1. The number of hydrogen-bond donors (Lipinski definition) is 1. The molecule has 0 spiro atoms. The molecule has 0 aromatic rings. The van der Waals surface area contributed by atoms with Crippen LogP contribution in [0.25, 0.3) is 0 Å². The Morgan fingerprint density at radius 1 is 1.23 bits per heavy atom. The standard InChI is InChI=1S/C19H27NO2/c1-17(2)13-8-9-18(3)14(6-5-7-15(18)21)19(13,4)10-12(11-20)16(17)22/h6,12-13,15,21H,5,7-10H2,1-4H3/t12?,13-,15+,18?,19?/m0/s1. The summed E-state index contributed by atoms with van der Waals surface area (Å²) in [6, 6.07) is 2.25. The van der Waals surface area contributed by atoms with E-state index in [-0.39, 0.29) is 28.6 Å². The minimum Gasteiger partial charge on any atom is -0.392 e. The number of aliphatic hydroxyl groups is 1. The van der Waals surface area contributed by atoms with Gasteiger partial charge in [-0.2, -0.15) is 5.26 Å². The summed E-state index contributed by atoms with van der Waals surface area (Å²) in [5.41, 5.74) is 0.528. The molecular weight excluding hydrogens is 274 g/mol. The van der Waals surface area contributed by atoms with Crippen LogP contribution in [0.3, 0.4) is 0 Å². The van der Waals surface area contributed by atoms with Crippen molar-refractivity contribution in [2.24, 2.45) is 28.1 Å². The van der Waals surface area contributed by atoms with Crippen LogP contribution in [0.1, 0.15) is 59.8 Å². The second kappa shape index (κ2) is 4.68. The Kier molecular flexibility index (Phi) is 3.35. The zero-order chi connectivity index (χ0) is 16.3. The summed E-state index contributed by atoms with van der Waals surface area (Å²) in [7, 11) is 0. The topological polar surface area (TPSA) is 61.1 Å². The van der Waals surface area contributed by atoms with E-state index in [9.17, 15) is 15.2 Å². The van der Waals surface area contributed by atoms with Crippen LogP contribution in [0.15, 0.2) is 11.6 Å². The molecule has 2 saturated carbocycles. The van der Waals surface area contributed by atoms with Gasteiger partial charge < -0.3 is 5.11 Å². The predicted molar refractivity (Wildman–Crippen MR) is 84.8 cm³/mol. The molecule has 5 atom stereocenters. The van der Waals surface area contributed by atoms with E-state index >= 15 is 0 Å². The van der Waals surface area contributed by atoms with Gasteiger partial charge in [0.1, 0.15) is 5.92 Å². The number of nitriles is 1. The summed E-state index contributed by atoms with van der Waals surface area (Å²) in [5.74, 6) is -0.140. The lowest BCUT2D eigenvalue weighted by atomic mass is 9.42. The normalized spacial score (nSPS) is 47.0. The molecule has 3 aliphatic carbocycles. The van der Waals surface area contributed by atoms with Gasteiger partial charge in [-0.3, -0.25) is 4.79 Å². The molecule has 120 valence electrons. The highest BCUT2D eigenvalue weighted by Crippen LogP contribution is 2.65. The van der Waals surface area contributed by atoms with Gasteiger partial charge >= 0.3 is 0 Å². The van der Waals surface area contributed by atoms with Crippen LogP contribution >= 0.6 is 0 Å². The lowest BCUT2D eigenvalue weighted by molar-refractivity contribution is -0.147. The highest BCUT2D eigenvalue weighted by molar-refractivity contribution is 5.90. The zero-order valence-corrected chi connectivity index (χ0v) is 14.1. The highest BCUT2D eigenvalue weighted by Gasteiger charge is 2.62. The number of aliphatic hydroxyl groups excluding tert-OH is 1. The molecule has 3 unspecified atom stereocenters. The molecule has 3 rings (SSSR count). The number of allylic oxidation sites excluding steroid dienone is 1. The monoisotopic (exact) mass is 301 g/mol. The summed E-state index contributed by atoms with van der Waals surface area (Å²) in [6.45, 7) is 8.45. The van der Waals surface area contributed by atoms with Crippen LogP contribution in [-0.2, 0) is 4.79 Å². The molecule has 0 aromatic heterocycles. The van der Waals surface area contributed by atoms with E-state index in [1.807, 2.05) is 13.8 Å². The number of hydrogen-bond acceptors (Lipinski definition) is 3. The minimum absolute atomic E-state index is 0.109. The molecule has 0 amide bonds. The first-order valence-corrected chi connectivity index (χ1v) is 8.51. The maximum absolute atomic E-state index is 12.7. The van der Waals surface area contributed by atoms with Crippen molar-refractivity contribution in [3.63, 3.8) is 0 Å². The van der Waals surface area contributed by atoms with Crippen LogP contribution < -0.4 is 0 Å². The molecule has 0 aliphatic heterocycles. The third-order valence-corrected chi connectivity index (χ3v) is 7.08. The van der Waals surface area contributed by atoms with Crippen molar-refractivity contribution in [2.45, 2.75) is 65.9 Å². The molecule has 3 heteroatoms. The maximum atomic E-state index is 12.7. The quantitative estimate of drug-likeness (QED) is 0.695. The number of carbonyl (C=O) groups is 1. The van der Waals surface area contributed by atoms with E-state index in [0.717, 1.165) is 25.7 Å². The predicted octanol–water partition coefficient (Wildman–Crippen LogP) is 3.63. The summed E-state index contributed by atoms with van der Waals surface area (Å²) in [4.78, 5) is 12.7. The molecule has 22 heavy (non-hydrogen) atoms. The second-order valence-electron chi connectivity index (χ2n) is 8.61. The number of fused-ring (bicyclic) bond motifs is 3. The van der Waals surface area contributed by atoms with Gasteiger partial charge in [0.15, 0.2) is 5.78 Å². The number of carbonyl (C=O) groups excluding carboxylic acids is 1. The van der Waals surface area contributed by atoms with Crippen LogP contribution in [-0.4, -0.2) is 17.0 Å². The lowest BCUT2D eigenvalue weighted by Gasteiger charge is -2.61. The fourth-order valence-corrected chi connectivity index (χ4v) is 5.91. The van der Waals surface area contributed by atoms with E-state index < -0.39 is 11.3 Å². The van der Waals surface area contributed by atoms with Gasteiger partial charge in [0.05, 0.1) is 12.2 Å². The van der Waals surface area contributed by atoms with Crippen LogP contribution in [0, 0.1) is 39.4 Å². The van der Waals surface area contributed by atoms with Gasteiger partial charge in [0.25, 0.3) is 0 Å². The van der Waals surface area contributed by atoms with E-state index in [2.05, 4.69) is 26.0 Å². The lowest BCUT2D eigenvalue weighted by Crippen LogP contribution is -2.58. The highest BCUT2D eigenvalue weighted by atomic mass is 16.3. The van der Waals surface area contributed by atoms with Gasteiger partial charge in [-0.1, -0.05) is 39.3 Å². The summed E-state index contributed by atoms with van der Waals surface area (Å²) in [6.07, 6.45) is 6.24. The molecule has 2 fully saturated rings. The first-order valence-electron chi connectivity index (χ1n) is 8.51. The Hall–Kier alpha value is -1.14. The average Bonchev–Trinajstić information content (AvgIpc) is 2.45. The summed E-state index contributed by atoms with van der Waals surface area (Å²) < 4.78 is 0. The van der Waals surface area contributed by atoms with Crippen molar-refractivity contribution >= 4 is 5.78 Å². The Morgan fingerprint density at radius 3 is 2.55 bits per heavy atom. The van der Waals surface area contributed by atoms with Crippen molar-refractivity contribution in [3.05, 3.63) is 11.6 Å². The van der Waals surface area contributed by atoms with Crippen LogP contribution in [0.2, 0.25) is 0 Å². The van der Waals surface area contributed by atoms with Gasteiger partial charge in [-0.15, -0.1) is 0 Å². The SMILES string of the molecule is CC1(C)C(=O)C(C#N)CC2(C)C3=CCC[C@@H](O)C3(C)CC[C@@H]12. The Morgan fingerprint density at radius 2 is 1.91 bits per heavy atom. The molecule has 0 bridgehead atoms. The van der Waals surface area contributed by atoms with Crippen molar-refractivity contribution < 1.29 is 9.90 Å². The van der Waals surface area contributed by atoms with E-state index in [1.54, 1.807) is 0 Å². The summed E-state index contributed by atoms with van der Waals surface area (Å²) >= 11 is 0. The fourth-order valence-electron chi connectivity index (χ4n) is 5.91. The van der Waals surface area contributed by atoms with E-state index in [0.29, 0.717) is 6.42 Å². The maximum Gasteiger partial charge on any atom is 0.155 e. The molecule has 0 aromatic carbocycles. The number of nitrogens with zero attached hydrogens (tertiary/aromatic N) is 1. The van der Waals surface area contributed by atoms with Gasteiger partial charge in [-0.05, 0) is 43.4 Å². The number of ketones is 1. The molecule has 0 radical (unpaired) electrons. The first kappa shape index (κ1) is 15.7. The average molecular weight is 301 g/mol. The molecular formula is C19H27NO2. The minimum atomic E-state index is -0.515. The third-order valence-electron chi connectivity index (χ3n) is 7.08. The summed E-state index contributed by atoms with van der Waals surface area (Å²) in [5, 5.41) is 20.1. The van der Waals surface area contributed by atoms with Crippen molar-refractivity contribution in [3.8, 4) is 6.07 Å². The smallest absolute Gasteiger partial charge is 0.155 e. The van der Waals surface area contributed by atoms with E-state index in [4.69, 9.17) is 0 Å². The van der Waals surface area contributed by atoms with E-state index in [1.165, 1.54) is 5.57 Å². The number of rotatable bonds is 0. The van der Waals surface area contributed by atoms with Crippen molar-refractivity contribution in [1.29, 1.82) is 5.26 Å². The molecule has 0 heterocycles. The third kappa shape index (κ3) is 1.80. The molecule has 3 aliphatic rings. The van der Waals surface area contributed by atoms with Crippen molar-refractivity contribution in [2.75, 3.05) is 0 Å². The van der Waals surface area contributed by atoms with Crippen molar-refractivity contribution in [1.82, 2.24) is 0 Å². The Balaban J connectivity index is 2.13.